The van der Waals surface area contributed by atoms with Crippen molar-refractivity contribution < 1.29 is 33.3 Å². The lowest BCUT2D eigenvalue weighted by atomic mass is 9.89. The number of hydrogen-bond donors (Lipinski definition) is 0. The van der Waals surface area contributed by atoms with E-state index in [0.717, 1.165) is 42.4 Å². The van der Waals surface area contributed by atoms with Gasteiger partial charge in [-0.15, -0.1) is 0 Å². The van der Waals surface area contributed by atoms with Gasteiger partial charge >= 0.3 is 11.9 Å². The molecule has 0 spiro atoms. The third-order valence-electron chi connectivity index (χ3n) is 6.37. The largest absolute Gasteiger partial charge is 0.493 e. The molecule has 2 aromatic rings. The maximum Gasteiger partial charge on any atom is 0.338 e. The minimum atomic E-state index is -0.835. The van der Waals surface area contributed by atoms with E-state index in [-0.39, 0.29) is 31.1 Å². The monoisotopic (exact) mass is 468 g/mol. The number of methoxy groups -OCH3 is 2. The molecule has 0 unspecified atom stereocenters. The molecule has 0 aromatic heterocycles. The third kappa shape index (κ3) is 4.98. The Kier molecular flexibility index (Phi) is 7.00. The highest BCUT2D eigenvalue weighted by atomic mass is 16.6. The van der Waals surface area contributed by atoms with Crippen LogP contribution < -0.4 is 14.2 Å². The van der Waals surface area contributed by atoms with E-state index in [0.29, 0.717) is 22.8 Å². The first-order valence-electron chi connectivity index (χ1n) is 11.7. The molecule has 2 aromatic carbocycles. The van der Waals surface area contributed by atoms with Crippen LogP contribution in [-0.4, -0.2) is 38.4 Å². The lowest BCUT2D eigenvalue weighted by Crippen LogP contribution is -2.37. The Hall–Kier alpha value is -3.22. The first kappa shape index (κ1) is 23.9. The van der Waals surface area contributed by atoms with Crippen LogP contribution in [-0.2, 0) is 20.9 Å². The van der Waals surface area contributed by atoms with Crippen LogP contribution in [0.3, 0.4) is 0 Å². The van der Waals surface area contributed by atoms with Gasteiger partial charge in [0.25, 0.3) is 0 Å². The first-order chi connectivity index (χ1) is 16.3. The molecule has 0 atom stereocenters. The van der Waals surface area contributed by atoms with Gasteiger partial charge in [0, 0.05) is 11.1 Å². The molecule has 0 amide bonds. The molecule has 0 N–H and O–H groups in total. The van der Waals surface area contributed by atoms with Crippen molar-refractivity contribution in [2.45, 2.75) is 58.2 Å². The summed E-state index contributed by atoms with van der Waals surface area (Å²) in [5.41, 5.74) is 2.18. The number of rotatable bonds is 8. The highest BCUT2D eigenvalue weighted by molar-refractivity contribution is 5.94. The van der Waals surface area contributed by atoms with E-state index in [1.165, 1.54) is 6.42 Å². The summed E-state index contributed by atoms with van der Waals surface area (Å²) in [6, 6.07) is 9.23. The number of carbonyl (C=O) groups excluding carboxylic acids is 2. The fourth-order valence-corrected chi connectivity index (χ4v) is 4.54. The van der Waals surface area contributed by atoms with Crippen molar-refractivity contribution >= 4 is 11.9 Å². The van der Waals surface area contributed by atoms with Gasteiger partial charge in [-0.3, -0.25) is 4.79 Å². The van der Waals surface area contributed by atoms with Crippen LogP contribution >= 0.6 is 0 Å². The molecule has 1 aliphatic heterocycles. The topological polar surface area (TPSA) is 80.3 Å². The predicted octanol–water partition coefficient (Wildman–Crippen LogP) is 5.32. The lowest BCUT2D eigenvalue weighted by molar-refractivity contribution is -0.165. The van der Waals surface area contributed by atoms with E-state index < -0.39 is 5.60 Å². The molecule has 0 radical (unpaired) electrons. The van der Waals surface area contributed by atoms with Crippen molar-refractivity contribution in [2.24, 2.45) is 5.92 Å². The van der Waals surface area contributed by atoms with E-state index in [2.05, 4.69) is 0 Å². The molecule has 1 saturated carbocycles. The van der Waals surface area contributed by atoms with Gasteiger partial charge < -0.3 is 23.7 Å². The quantitative estimate of drug-likeness (QED) is 0.485. The molecule has 7 heteroatoms. The van der Waals surface area contributed by atoms with Crippen molar-refractivity contribution in [1.82, 2.24) is 0 Å². The molecule has 1 heterocycles. The van der Waals surface area contributed by atoms with Gasteiger partial charge in [-0.2, -0.15) is 0 Å². The van der Waals surface area contributed by atoms with Crippen LogP contribution in [0.5, 0.6) is 17.2 Å². The minimum Gasteiger partial charge on any atom is -0.493 e. The summed E-state index contributed by atoms with van der Waals surface area (Å²) in [5, 5.41) is 0. The third-order valence-corrected chi connectivity index (χ3v) is 6.37. The van der Waals surface area contributed by atoms with Gasteiger partial charge in [0.05, 0.1) is 25.7 Å². The van der Waals surface area contributed by atoms with Crippen LogP contribution in [0.2, 0.25) is 0 Å². The molecule has 4 rings (SSSR count). The van der Waals surface area contributed by atoms with Crippen molar-refractivity contribution in [3.05, 3.63) is 41.5 Å². The summed E-state index contributed by atoms with van der Waals surface area (Å²) in [7, 11) is 3.12. The van der Waals surface area contributed by atoms with Gasteiger partial charge in [0.1, 0.15) is 18.8 Å². The summed E-state index contributed by atoms with van der Waals surface area (Å²) < 4.78 is 28.4. The Morgan fingerprint density at radius 2 is 1.74 bits per heavy atom. The van der Waals surface area contributed by atoms with E-state index >= 15 is 0 Å². The molecule has 0 bridgehead atoms. The first-order valence-corrected chi connectivity index (χ1v) is 11.7. The lowest BCUT2D eigenvalue weighted by Gasteiger charge is -2.29. The summed E-state index contributed by atoms with van der Waals surface area (Å²) >= 11 is 0. The van der Waals surface area contributed by atoms with Crippen molar-refractivity contribution in [3.63, 3.8) is 0 Å². The number of esters is 2. The molecule has 1 fully saturated rings. The summed E-state index contributed by atoms with van der Waals surface area (Å²) in [6.07, 6.45) is 5.08. The molecule has 182 valence electrons. The molecule has 34 heavy (non-hydrogen) atoms. The highest BCUT2D eigenvalue weighted by Crippen LogP contribution is 2.45. The average Bonchev–Trinajstić information content (AvgIpc) is 3.22. The SMILES string of the molecule is COc1ccc(-c2ccc3c(c2)COC3=O)c(OCC(C)(C)OC(=O)C2CCCCC2)c1OC. The number of fused-ring (bicyclic) bond motifs is 1. The molecular formula is C27H32O7. The average molecular weight is 469 g/mol. The van der Waals surface area contributed by atoms with Gasteiger partial charge in [-0.1, -0.05) is 25.3 Å². The van der Waals surface area contributed by atoms with Gasteiger partial charge in [-0.05, 0) is 56.5 Å². The maximum atomic E-state index is 12.7. The van der Waals surface area contributed by atoms with Crippen LogP contribution in [0.25, 0.3) is 11.1 Å². The zero-order valence-corrected chi connectivity index (χ0v) is 20.3. The Morgan fingerprint density at radius 3 is 2.44 bits per heavy atom. The Bertz CT molecular complexity index is 1070. The fourth-order valence-electron chi connectivity index (χ4n) is 4.54. The summed E-state index contributed by atoms with van der Waals surface area (Å²) in [6.45, 7) is 4.07. The molecule has 7 nitrogen and oxygen atoms in total. The zero-order chi connectivity index (χ0) is 24.3. The van der Waals surface area contributed by atoms with Crippen LogP contribution in [0.4, 0.5) is 0 Å². The predicted molar refractivity (Wildman–Crippen MR) is 126 cm³/mol. The molecule has 1 aliphatic carbocycles. The second-order valence-electron chi connectivity index (χ2n) is 9.43. The normalized spacial score (nSPS) is 15.9. The fraction of sp³-hybridized carbons (Fsp3) is 0.481. The van der Waals surface area contributed by atoms with E-state index in [9.17, 15) is 9.59 Å². The minimum absolute atomic E-state index is 0.0358. The van der Waals surface area contributed by atoms with E-state index in [4.69, 9.17) is 23.7 Å². The number of hydrogen-bond acceptors (Lipinski definition) is 7. The van der Waals surface area contributed by atoms with Crippen molar-refractivity contribution in [2.75, 3.05) is 20.8 Å². The number of benzene rings is 2. The van der Waals surface area contributed by atoms with Crippen molar-refractivity contribution in [1.29, 1.82) is 0 Å². The van der Waals surface area contributed by atoms with Crippen LogP contribution in [0.1, 0.15) is 61.9 Å². The van der Waals surface area contributed by atoms with Crippen LogP contribution in [0.15, 0.2) is 30.3 Å². The molecule has 2 aliphatic rings. The highest BCUT2D eigenvalue weighted by Gasteiger charge is 2.31. The number of ether oxygens (including phenoxy) is 5. The van der Waals surface area contributed by atoms with Gasteiger partial charge in [0.2, 0.25) is 5.75 Å². The van der Waals surface area contributed by atoms with Crippen molar-refractivity contribution in [3.8, 4) is 28.4 Å². The molecular weight excluding hydrogens is 436 g/mol. The molecule has 0 saturated heterocycles. The Morgan fingerprint density at radius 1 is 1.00 bits per heavy atom. The smallest absolute Gasteiger partial charge is 0.338 e. The standard InChI is InChI=1S/C27H32O7/c1-27(2,34-25(28)17-8-6-5-7-9-17)16-33-23-20(12-13-22(30-3)24(23)31-4)18-10-11-21-19(14-18)15-32-26(21)29/h10-14,17H,5-9,15-16H2,1-4H3. The Balaban J connectivity index is 1.60. The van der Waals surface area contributed by atoms with E-state index in [1.807, 2.05) is 38.1 Å². The van der Waals surface area contributed by atoms with Gasteiger partial charge in [0.15, 0.2) is 11.5 Å². The zero-order valence-electron chi connectivity index (χ0n) is 20.3. The second-order valence-corrected chi connectivity index (χ2v) is 9.43. The van der Waals surface area contributed by atoms with Gasteiger partial charge in [-0.25, -0.2) is 4.79 Å². The summed E-state index contributed by atoms with van der Waals surface area (Å²) in [4.78, 5) is 24.6. The van der Waals surface area contributed by atoms with Crippen LogP contribution in [0, 0.1) is 5.92 Å². The Labute approximate surface area is 200 Å². The maximum absolute atomic E-state index is 12.7. The second kappa shape index (κ2) is 9.95. The van der Waals surface area contributed by atoms with E-state index in [1.54, 1.807) is 20.3 Å². The number of cyclic esters (lactones) is 1. The number of carbonyl (C=O) groups is 2. The summed E-state index contributed by atoms with van der Waals surface area (Å²) in [5.74, 6) is 0.946.